The summed E-state index contributed by atoms with van der Waals surface area (Å²) in [5.41, 5.74) is 3.68. The third kappa shape index (κ3) is 4.37. The number of aromatic nitrogens is 2. The SMILES string of the molecule is Cc1ccc(-c2cc(NC(=O)COC(=O)[C@@H]3C[C@H]3C)n(-c3ccccc3)n2)cc1. The first-order chi connectivity index (χ1) is 14.0. The Morgan fingerprint density at radius 2 is 1.83 bits per heavy atom. The van der Waals surface area contributed by atoms with Gasteiger partial charge in [0.1, 0.15) is 5.82 Å². The molecule has 3 aromatic rings. The van der Waals surface area contributed by atoms with Gasteiger partial charge in [0.15, 0.2) is 6.61 Å². The maximum Gasteiger partial charge on any atom is 0.309 e. The van der Waals surface area contributed by atoms with Crippen molar-refractivity contribution in [2.45, 2.75) is 20.3 Å². The van der Waals surface area contributed by atoms with Crippen molar-refractivity contribution in [3.05, 3.63) is 66.2 Å². The molecule has 1 fully saturated rings. The molecule has 1 heterocycles. The van der Waals surface area contributed by atoms with Crippen LogP contribution in [0.15, 0.2) is 60.7 Å². The van der Waals surface area contributed by atoms with E-state index >= 15 is 0 Å². The molecule has 2 aromatic carbocycles. The average Bonchev–Trinajstić information content (AvgIpc) is 3.32. The Balaban J connectivity index is 1.55. The van der Waals surface area contributed by atoms with Crippen LogP contribution in [-0.4, -0.2) is 28.3 Å². The molecule has 4 rings (SSSR count). The van der Waals surface area contributed by atoms with Gasteiger partial charge >= 0.3 is 5.97 Å². The number of carbonyl (C=O) groups excluding carboxylic acids is 2. The molecule has 0 unspecified atom stereocenters. The molecule has 0 radical (unpaired) electrons. The molecule has 1 N–H and O–H groups in total. The smallest absolute Gasteiger partial charge is 0.309 e. The minimum atomic E-state index is -0.390. The molecule has 1 amide bonds. The van der Waals surface area contributed by atoms with E-state index in [1.807, 2.05) is 74.5 Å². The summed E-state index contributed by atoms with van der Waals surface area (Å²) in [6.45, 7) is 3.72. The molecule has 1 aliphatic rings. The van der Waals surface area contributed by atoms with Gasteiger partial charge in [-0.05, 0) is 31.4 Å². The molecule has 29 heavy (non-hydrogen) atoms. The maximum absolute atomic E-state index is 12.4. The van der Waals surface area contributed by atoms with E-state index < -0.39 is 0 Å². The predicted molar refractivity (Wildman–Crippen MR) is 111 cm³/mol. The summed E-state index contributed by atoms with van der Waals surface area (Å²) in [7, 11) is 0. The van der Waals surface area contributed by atoms with E-state index in [1.54, 1.807) is 4.68 Å². The molecule has 0 spiro atoms. The lowest BCUT2D eigenvalue weighted by molar-refractivity contribution is -0.148. The van der Waals surface area contributed by atoms with Gasteiger partial charge in [0.2, 0.25) is 0 Å². The van der Waals surface area contributed by atoms with Gasteiger partial charge in [0, 0.05) is 11.6 Å². The first kappa shape index (κ1) is 18.9. The number of hydrogen-bond acceptors (Lipinski definition) is 4. The molecular weight excluding hydrogens is 366 g/mol. The summed E-state index contributed by atoms with van der Waals surface area (Å²) in [5.74, 6) is 0.115. The lowest BCUT2D eigenvalue weighted by Gasteiger charge is -2.09. The van der Waals surface area contributed by atoms with Crippen LogP contribution < -0.4 is 5.32 Å². The highest BCUT2D eigenvalue weighted by Crippen LogP contribution is 2.38. The second-order valence-electron chi connectivity index (χ2n) is 7.50. The number of nitrogens with zero attached hydrogens (tertiary/aromatic N) is 2. The molecule has 1 aromatic heterocycles. The number of para-hydroxylation sites is 1. The minimum Gasteiger partial charge on any atom is -0.455 e. The van der Waals surface area contributed by atoms with Crippen LogP contribution in [0.1, 0.15) is 18.9 Å². The van der Waals surface area contributed by atoms with Gasteiger partial charge < -0.3 is 10.1 Å². The summed E-state index contributed by atoms with van der Waals surface area (Å²) >= 11 is 0. The highest BCUT2D eigenvalue weighted by Gasteiger charge is 2.40. The standard InChI is InChI=1S/C23H23N3O3/c1-15-8-10-17(11-9-15)20-13-21(26(25-20)18-6-4-3-5-7-18)24-22(27)14-29-23(28)19-12-16(19)2/h3-11,13,16,19H,12,14H2,1-2H3,(H,24,27)/t16-,19-/m1/s1. The topological polar surface area (TPSA) is 73.2 Å². The monoisotopic (exact) mass is 389 g/mol. The molecular formula is C23H23N3O3. The largest absolute Gasteiger partial charge is 0.455 e. The van der Waals surface area contributed by atoms with Gasteiger partial charge in [-0.3, -0.25) is 9.59 Å². The molecule has 0 saturated heterocycles. The van der Waals surface area contributed by atoms with Crippen LogP contribution in [0.25, 0.3) is 16.9 Å². The van der Waals surface area contributed by atoms with Crippen LogP contribution in [-0.2, 0) is 14.3 Å². The van der Waals surface area contributed by atoms with E-state index in [0.717, 1.165) is 28.9 Å². The molecule has 6 nitrogen and oxygen atoms in total. The zero-order valence-electron chi connectivity index (χ0n) is 16.5. The van der Waals surface area contributed by atoms with E-state index in [4.69, 9.17) is 4.74 Å². The number of amides is 1. The van der Waals surface area contributed by atoms with Crippen molar-refractivity contribution in [1.82, 2.24) is 9.78 Å². The normalized spacial score (nSPS) is 17.6. The lowest BCUT2D eigenvalue weighted by atomic mass is 10.1. The fourth-order valence-electron chi connectivity index (χ4n) is 3.17. The fraction of sp³-hybridized carbons (Fsp3) is 0.261. The average molecular weight is 389 g/mol. The van der Waals surface area contributed by atoms with Gasteiger partial charge in [-0.15, -0.1) is 0 Å². The van der Waals surface area contributed by atoms with Gasteiger partial charge in [0.05, 0.1) is 17.3 Å². The van der Waals surface area contributed by atoms with Crippen LogP contribution >= 0.6 is 0 Å². The summed E-state index contributed by atoms with van der Waals surface area (Å²) in [6, 6.07) is 19.4. The van der Waals surface area contributed by atoms with Crippen molar-refractivity contribution in [1.29, 1.82) is 0 Å². The third-order valence-electron chi connectivity index (χ3n) is 5.08. The van der Waals surface area contributed by atoms with Gasteiger partial charge in [-0.2, -0.15) is 5.10 Å². The zero-order chi connectivity index (χ0) is 20.4. The van der Waals surface area contributed by atoms with E-state index in [-0.39, 0.29) is 24.4 Å². The Bertz CT molecular complexity index is 1030. The fourth-order valence-corrected chi connectivity index (χ4v) is 3.17. The highest BCUT2D eigenvalue weighted by molar-refractivity contribution is 5.93. The Labute approximate surface area is 169 Å². The van der Waals surface area contributed by atoms with Crippen molar-refractivity contribution in [2.24, 2.45) is 11.8 Å². The number of anilines is 1. The molecule has 1 aliphatic carbocycles. The number of ether oxygens (including phenoxy) is 1. The second-order valence-corrected chi connectivity index (χ2v) is 7.50. The van der Waals surface area contributed by atoms with Crippen LogP contribution in [0.4, 0.5) is 5.82 Å². The van der Waals surface area contributed by atoms with Crippen LogP contribution in [0.2, 0.25) is 0 Å². The van der Waals surface area contributed by atoms with Crippen LogP contribution in [0.3, 0.4) is 0 Å². The summed E-state index contributed by atoms with van der Waals surface area (Å²) < 4.78 is 6.82. The second kappa shape index (κ2) is 7.91. The van der Waals surface area contributed by atoms with Gasteiger partial charge in [-0.1, -0.05) is 55.0 Å². The summed E-state index contributed by atoms with van der Waals surface area (Å²) in [4.78, 5) is 24.2. The van der Waals surface area contributed by atoms with E-state index in [9.17, 15) is 9.59 Å². The maximum atomic E-state index is 12.4. The van der Waals surface area contributed by atoms with Crippen molar-refractivity contribution in [3.8, 4) is 16.9 Å². The van der Waals surface area contributed by atoms with E-state index in [0.29, 0.717) is 11.7 Å². The molecule has 2 atom stereocenters. The predicted octanol–water partition coefficient (Wildman–Crippen LogP) is 3.99. The molecule has 148 valence electrons. The Morgan fingerprint density at radius 1 is 1.14 bits per heavy atom. The Hall–Kier alpha value is -3.41. The summed E-state index contributed by atoms with van der Waals surface area (Å²) in [6.07, 6.45) is 0.834. The minimum absolute atomic E-state index is 0.0641. The van der Waals surface area contributed by atoms with Gasteiger partial charge in [-0.25, -0.2) is 4.68 Å². The molecule has 0 aliphatic heterocycles. The van der Waals surface area contributed by atoms with Crippen molar-refractivity contribution < 1.29 is 14.3 Å². The number of nitrogens with one attached hydrogen (secondary N) is 1. The van der Waals surface area contributed by atoms with Crippen molar-refractivity contribution in [2.75, 3.05) is 11.9 Å². The Morgan fingerprint density at radius 3 is 2.48 bits per heavy atom. The number of benzene rings is 2. The quantitative estimate of drug-likeness (QED) is 0.647. The third-order valence-corrected chi connectivity index (χ3v) is 5.08. The van der Waals surface area contributed by atoms with Crippen LogP contribution in [0, 0.1) is 18.8 Å². The zero-order valence-corrected chi connectivity index (χ0v) is 16.5. The number of aryl methyl sites for hydroxylation is 1. The molecule has 1 saturated carbocycles. The number of rotatable bonds is 6. The Kier molecular flexibility index (Phi) is 5.16. The van der Waals surface area contributed by atoms with Crippen molar-refractivity contribution in [3.63, 3.8) is 0 Å². The summed E-state index contributed by atoms with van der Waals surface area (Å²) in [5, 5.41) is 7.49. The number of carbonyl (C=O) groups is 2. The van der Waals surface area contributed by atoms with Crippen molar-refractivity contribution >= 4 is 17.7 Å². The first-order valence-corrected chi connectivity index (χ1v) is 9.70. The highest BCUT2D eigenvalue weighted by atomic mass is 16.5. The van der Waals surface area contributed by atoms with Crippen LogP contribution in [0.5, 0.6) is 0 Å². The number of hydrogen-bond donors (Lipinski definition) is 1. The van der Waals surface area contributed by atoms with Gasteiger partial charge in [0.25, 0.3) is 5.91 Å². The lowest BCUT2D eigenvalue weighted by Crippen LogP contribution is -2.23. The number of esters is 1. The molecule has 6 heteroatoms. The van der Waals surface area contributed by atoms with E-state index in [2.05, 4.69) is 10.4 Å². The molecule has 0 bridgehead atoms. The first-order valence-electron chi connectivity index (χ1n) is 9.70. The van der Waals surface area contributed by atoms with E-state index in [1.165, 1.54) is 0 Å².